The normalized spacial score (nSPS) is 16.2. The summed E-state index contributed by atoms with van der Waals surface area (Å²) in [7, 11) is 2.13. The van der Waals surface area contributed by atoms with Crippen LogP contribution < -0.4 is 0 Å². The number of rotatable bonds is 3. The molecule has 0 unspecified atom stereocenters. The van der Waals surface area contributed by atoms with E-state index in [2.05, 4.69) is 44.1 Å². The molecule has 1 heterocycles. The van der Waals surface area contributed by atoms with E-state index in [1.807, 2.05) is 0 Å². The summed E-state index contributed by atoms with van der Waals surface area (Å²) in [6, 6.07) is 0. The van der Waals surface area contributed by atoms with Gasteiger partial charge in [-0.3, -0.25) is 0 Å². The third-order valence-corrected chi connectivity index (χ3v) is 2.59. The van der Waals surface area contributed by atoms with Crippen LogP contribution in [0.15, 0.2) is 23.8 Å². The molecule has 1 rings (SSSR count). The Bertz CT molecular complexity index is 192. The molecule has 66 valence electrons. The molecular weight excluding hydrogens is 145 g/mol. The topological polar surface area (TPSA) is 3.24 Å². The highest BCUT2D eigenvalue weighted by Gasteiger charge is 2.15. The van der Waals surface area contributed by atoms with Gasteiger partial charge in [-0.25, -0.2) is 0 Å². The molecule has 0 saturated heterocycles. The van der Waals surface area contributed by atoms with Gasteiger partial charge in [0.05, 0.1) is 0 Å². The maximum atomic E-state index is 2.28. The Morgan fingerprint density at radius 2 is 2.08 bits per heavy atom. The van der Waals surface area contributed by atoms with Gasteiger partial charge in [-0.05, 0) is 12.3 Å². The smallest absolute Gasteiger partial charge is 0.172 e. The SMILES string of the molecule is CCB(CC)C1=CC=CN(C)C1. The lowest BCUT2D eigenvalue weighted by Crippen LogP contribution is -2.26. The monoisotopic (exact) mass is 163 g/mol. The van der Waals surface area contributed by atoms with Crippen molar-refractivity contribution in [3.63, 3.8) is 0 Å². The second kappa shape index (κ2) is 4.39. The quantitative estimate of drug-likeness (QED) is 0.577. The summed E-state index contributed by atoms with van der Waals surface area (Å²) in [6.45, 7) is 6.45. The number of hydrogen-bond donors (Lipinski definition) is 0. The molecule has 1 nitrogen and oxygen atoms in total. The zero-order valence-electron chi connectivity index (χ0n) is 8.38. The Morgan fingerprint density at radius 1 is 1.42 bits per heavy atom. The van der Waals surface area contributed by atoms with Gasteiger partial charge in [-0.2, -0.15) is 0 Å². The van der Waals surface area contributed by atoms with E-state index in [-0.39, 0.29) is 0 Å². The number of likely N-dealkylation sites (N-methyl/N-ethyl adjacent to an activating group) is 1. The van der Waals surface area contributed by atoms with Crippen molar-refractivity contribution in [1.29, 1.82) is 0 Å². The molecule has 0 aromatic rings. The van der Waals surface area contributed by atoms with Gasteiger partial charge < -0.3 is 4.90 Å². The molecule has 0 radical (unpaired) electrons. The molecule has 0 bridgehead atoms. The second-order valence-electron chi connectivity index (χ2n) is 3.51. The highest BCUT2D eigenvalue weighted by atomic mass is 15.1. The average molecular weight is 163 g/mol. The van der Waals surface area contributed by atoms with Gasteiger partial charge in [-0.1, -0.05) is 38.0 Å². The highest BCUT2D eigenvalue weighted by molar-refractivity contribution is 6.66. The summed E-state index contributed by atoms with van der Waals surface area (Å²) in [4.78, 5) is 2.24. The molecule has 0 saturated carbocycles. The lowest BCUT2D eigenvalue weighted by molar-refractivity contribution is 0.498. The van der Waals surface area contributed by atoms with E-state index >= 15 is 0 Å². The van der Waals surface area contributed by atoms with Gasteiger partial charge in [-0.15, -0.1) is 0 Å². The molecule has 0 aromatic carbocycles. The van der Waals surface area contributed by atoms with Gasteiger partial charge in [0.1, 0.15) is 0 Å². The van der Waals surface area contributed by atoms with Crippen LogP contribution in [0.4, 0.5) is 0 Å². The Hall–Kier alpha value is -0.655. The molecule has 0 aliphatic carbocycles. The predicted octanol–water partition coefficient (Wildman–Crippen LogP) is 2.45. The van der Waals surface area contributed by atoms with Gasteiger partial charge in [0.15, 0.2) is 6.71 Å². The predicted molar refractivity (Wildman–Crippen MR) is 56.6 cm³/mol. The lowest BCUT2D eigenvalue weighted by atomic mass is 9.40. The Kier molecular flexibility index (Phi) is 3.45. The molecule has 0 amide bonds. The van der Waals surface area contributed by atoms with Crippen LogP contribution in [0.3, 0.4) is 0 Å². The van der Waals surface area contributed by atoms with E-state index in [4.69, 9.17) is 0 Å². The summed E-state index contributed by atoms with van der Waals surface area (Å²) in [5, 5.41) is 0. The van der Waals surface area contributed by atoms with E-state index < -0.39 is 0 Å². The van der Waals surface area contributed by atoms with Crippen LogP contribution in [-0.2, 0) is 0 Å². The molecule has 2 heteroatoms. The minimum absolute atomic E-state index is 0.789. The van der Waals surface area contributed by atoms with E-state index in [1.54, 1.807) is 5.47 Å². The fraction of sp³-hybridized carbons (Fsp3) is 0.600. The molecule has 0 N–H and O–H groups in total. The zero-order chi connectivity index (χ0) is 8.97. The van der Waals surface area contributed by atoms with Crippen LogP contribution in [-0.4, -0.2) is 25.2 Å². The van der Waals surface area contributed by atoms with Crippen LogP contribution in [0.5, 0.6) is 0 Å². The molecular formula is C10H18BN. The molecule has 0 atom stereocenters. The second-order valence-corrected chi connectivity index (χ2v) is 3.51. The standard InChI is InChI=1S/C10H18BN/c1-4-11(5-2)10-7-6-8-12(3)9-10/h6-8H,4-5,9H2,1-3H3. The van der Waals surface area contributed by atoms with Crippen LogP contribution in [0.1, 0.15) is 13.8 Å². The third kappa shape index (κ3) is 2.16. The molecule has 0 fully saturated rings. The van der Waals surface area contributed by atoms with Crippen molar-refractivity contribution >= 4 is 6.71 Å². The van der Waals surface area contributed by atoms with Crippen LogP contribution >= 0.6 is 0 Å². The van der Waals surface area contributed by atoms with E-state index in [0.717, 1.165) is 13.3 Å². The van der Waals surface area contributed by atoms with Gasteiger partial charge >= 0.3 is 0 Å². The van der Waals surface area contributed by atoms with Crippen LogP contribution in [0, 0.1) is 0 Å². The zero-order valence-corrected chi connectivity index (χ0v) is 8.38. The van der Waals surface area contributed by atoms with E-state index in [1.165, 1.54) is 12.6 Å². The maximum Gasteiger partial charge on any atom is 0.172 e. The first-order chi connectivity index (χ1) is 5.77. The van der Waals surface area contributed by atoms with E-state index in [9.17, 15) is 0 Å². The maximum absolute atomic E-state index is 2.28. The number of allylic oxidation sites excluding steroid dienone is 2. The van der Waals surface area contributed by atoms with Gasteiger partial charge in [0.25, 0.3) is 0 Å². The first kappa shape index (κ1) is 9.43. The largest absolute Gasteiger partial charge is 0.377 e. The molecule has 1 aliphatic rings. The van der Waals surface area contributed by atoms with Crippen molar-refractivity contribution in [3.8, 4) is 0 Å². The molecule has 0 spiro atoms. The molecule has 12 heavy (non-hydrogen) atoms. The summed E-state index contributed by atoms with van der Waals surface area (Å²) >= 11 is 0. The minimum atomic E-state index is 0.789. The molecule has 0 aromatic heterocycles. The van der Waals surface area contributed by atoms with Crippen molar-refractivity contribution in [1.82, 2.24) is 4.90 Å². The van der Waals surface area contributed by atoms with Gasteiger partial charge in [0, 0.05) is 13.6 Å². The minimum Gasteiger partial charge on any atom is -0.377 e. The fourth-order valence-electron chi connectivity index (χ4n) is 1.79. The Labute approximate surface area is 76.2 Å². The lowest BCUT2D eigenvalue weighted by Gasteiger charge is -2.23. The van der Waals surface area contributed by atoms with Crippen molar-refractivity contribution in [2.75, 3.05) is 13.6 Å². The van der Waals surface area contributed by atoms with Crippen molar-refractivity contribution in [3.05, 3.63) is 23.8 Å². The van der Waals surface area contributed by atoms with Crippen molar-refractivity contribution in [2.24, 2.45) is 0 Å². The molecule has 1 aliphatic heterocycles. The Morgan fingerprint density at radius 3 is 2.58 bits per heavy atom. The summed E-state index contributed by atoms with van der Waals surface area (Å²) in [5.74, 6) is 0. The fourth-order valence-corrected chi connectivity index (χ4v) is 1.79. The van der Waals surface area contributed by atoms with Crippen LogP contribution in [0.25, 0.3) is 0 Å². The van der Waals surface area contributed by atoms with Gasteiger partial charge in [0.2, 0.25) is 0 Å². The average Bonchev–Trinajstić information content (AvgIpc) is 2.07. The first-order valence-electron chi connectivity index (χ1n) is 4.85. The third-order valence-electron chi connectivity index (χ3n) is 2.59. The van der Waals surface area contributed by atoms with Crippen molar-refractivity contribution < 1.29 is 0 Å². The van der Waals surface area contributed by atoms with Crippen LogP contribution in [0.2, 0.25) is 12.6 Å². The number of hydrogen-bond acceptors (Lipinski definition) is 1. The Balaban J connectivity index is 2.61. The first-order valence-corrected chi connectivity index (χ1v) is 4.85. The summed E-state index contributed by atoms with van der Waals surface area (Å²) < 4.78 is 0. The van der Waals surface area contributed by atoms with E-state index in [0.29, 0.717) is 0 Å². The highest BCUT2D eigenvalue weighted by Crippen LogP contribution is 2.14. The summed E-state index contributed by atoms with van der Waals surface area (Å²) in [5.41, 5.74) is 1.59. The van der Waals surface area contributed by atoms with Crippen molar-refractivity contribution in [2.45, 2.75) is 26.5 Å². The number of nitrogens with zero attached hydrogens (tertiary/aromatic N) is 1. The summed E-state index contributed by atoms with van der Waals surface area (Å²) in [6.07, 6.45) is 9.09.